The molecule has 0 saturated carbocycles. The topological polar surface area (TPSA) is 76.7 Å². The van der Waals surface area contributed by atoms with Gasteiger partial charge in [-0.3, -0.25) is 0 Å². The van der Waals surface area contributed by atoms with Gasteiger partial charge in [0.15, 0.2) is 0 Å². The number of sulfonamides is 1. The first-order chi connectivity index (χ1) is 11.0. The van der Waals surface area contributed by atoms with Gasteiger partial charge in [-0.25, -0.2) is 13.1 Å². The van der Waals surface area contributed by atoms with E-state index >= 15 is 0 Å². The Morgan fingerprint density at radius 1 is 1.25 bits per heavy atom. The van der Waals surface area contributed by atoms with Gasteiger partial charge in [0.05, 0.1) is 24.7 Å². The maximum atomic E-state index is 12.6. The lowest BCUT2D eigenvalue weighted by Gasteiger charge is -2.37. The molecule has 6 nitrogen and oxygen atoms in total. The molecule has 0 atom stereocenters. The SMILES string of the molecule is COCC1(CNS(=O)(=O)c2ccc3c(c2)COC3)CCNCC1.Cl. The van der Waals surface area contributed by atoms with E-state index in [-0.39, 0.29) is 17.8 Å². The van der Waals surface area contributed by atoms with Crippen molar-refractivity contribution in [1.29, 1.82) is 0 Å². The Bertz CT molecular complexity index is 655. The normalized spacial score (nSPS) is 19.5. The van der Waals surface area contributed by atoms with Crippen molar-refractivity contribution in [1.82, 2.24) is 10.0 Å². The third-order valence-electron chi connectivity index (χ3n) is 4.76. The molecule has 1 saturated heterocycles. The van der Waals surface area contributed by atoms with Crippen LogP contribution in [0, 0.1) is 5.41 Å². The van der Waals surface area contributed by atoms with Crippen LogP contribution in [-0.4, -0.2) is 41.8 Å². The van der Waals surface area contributed by atoms with Crippen molar-refractivity contribution in [3.63, 3.8) is 0 Å². The predicted octanol–water partition coefficient (Wildman–Crippen LogP) is 1.43. The highest BCUT2D eigenvalue weighted by molar-refractivity contribution is 7.89. The summed E-state index contributed by atoms with van der Waals surface area (Å²) in [6.07, 6.45) is 1.81. The average molecular weight is 377 g/mol. The van der Waals surface area contributed by atoms with Gasteiger partial charge in [0.25, 0.3) is 0 Å². The largest absolute Gasteiger partial charge is 0.384 e. The number of ether oxygens (including phenoxy) is 2. The van der Waals surface area contributed by atoms with Gasteiger partial charge in [-0.2, -0.15) is 0 Å². The molecule has 3 rings (SSSR count). The molecule has 0 bridgehead atoms. The standard InChI is InChI=1S/C16H24N2O4S.ClH/c1-21-12-16(4-6-17-7-5-16)11-18-23(19,20)15-3-2-13-9-22-10-14(13)8-15;/h2-3,8,17-18H,4-7,9-12H2,1H3;1H. The summed E-state index contributed by atoms with van der Waals surface area (Å²) in [7, 11) is -1.85. The number of fused-ring (bicyclic) bond motifs is 1. The lowest BCUT2D eigenvalue weighted by molar-refractivity contribution is 0.0577. The minimum Gasteiger partial charge on any atom is -0.384 e. The number of hydrogen-bond donors (Lipinski definition) is 2. The maximum absolute atomic E-state index is 12.6. The Hall–Kier alpha value is -0.700. The van der Waals surface area contributed by atoms with Crippen molar-refractivity contribution < 1.29 is 17.9 Å². The fourth-order valence-corrected chi connectivity index (χ4v) is 4.49. The third kappa shape index (κ3) is 4.28. The highest BCUT2D eigenvalue weighted by Crippen LogP contribution is 2.29. The van der Waals surface area contributed by atoms with Crippen molar-refractivity contribution in [3.8, 4) is 0 Å². The van der Waals surface area contributed by atoms with Crippen LogP contribution in [0.4, 0.5) is 0 Å². The first-order valence-corrected chi connectivity index (χ1v) is 9.42. The Kier molecular flexibility index (Phi) is 6.64. The van der Waals surface area contributed by atoms with Crippen LogP contribution in [0.2, 0.25) is 0 Å². The van der Waals surface area contributed by atoms with E-state index < -0.39 is 10.0 Å². The summed E-state index contributed by atoms with van der Waals surface area (Å²) >= 11 is 0. The number of methoxy groups -OCH3 is 1. The lowest BCUT2D eigenvalue weighted by atomic mass is 9.80. The van der Waals surface area contributed by atoms with Crippen LogP contribution in [0.1, 0.15) is 24.0 Å². The van der Waals surface area contributed by atoms with E-state index in [1.54, 1.807) is 19.2 Å². The molecule has 1 aromatic rings. The second kappa shape index (κ2) is 8.12. The highest BCUT2D eigenvalue weighted by Gasteiger charge is 2.33. The minimum atomic E-state index is -3.52. The number of hydrogen-bond acceptors (Lipinski definition) is 5. The van der Waals surface area contributed by atoms with Crippen LogP contribution in [0.3, 0.4) is 0 Å². The molecule has 136 valence electrons. The molecule has 0 amide bonds. The van der Waals surface area contributed by atoms with Crippen LogP contribution in [0.25, 0.3) is 0 Å². The molecule has 2 aliphatic heterocycles. The van der Waals surface area contributed by atoms with Crippen molar-refractivity contribution in [2.75, 3.05) is 33.4 Å². The second-order valence-corrected chi connectivity index (χ2v) is 8.20. The van der Waals surface area contributed by atoms with E-state index in [1.807, 2.05) is 6.07 Å². The van der Waals surface area contributed by atoms with Crippen molar-refractivity contribution in [3.05, 3.63) is 29.3 Å². The summed E-state index contributed by atoms with van der Waals surface area (Å²) < 4.78 is 38.7. The molecule has 2 heterocycles. The predicted molar refractivity (Wildman–Crippen MR) is 93.8 cm³/mol. The molecule has 8 heteroatoms. The highest BCUT2D eigenvalue weighted by atomic mass is 35.5. The molecule has 1 fully saturated rings. The summed E-state index contributed by atoms with van der Waals surface area (Å²) in [5.74, 6) is 0. The van der Waals surface area contributed by atoms with Crippen LogP contribution < -0.4 is 10.0 Å². The molecular formula is C16H25ClN2O4S. The van der Waals surface area contributed by atoms with E-state index in [9.17, 15) is 8.42 Å². The maximum Gasteiger partial charge on any atom is 0.240 e. The van der Waals surface area contributed by atoms with E-state index in [2.05, 4.69) is 10.0 Å². The van der Waals surface area contributed by atoms with Crippen molar-refractivity contribution in [2.24, 2.45) is 5.41 Å². The summed E-state index contributed by atoms with van der Waals surface area (Å²) in [5.41, 5.74) is 1.90. The molecular weight excluding hydrogens is 352 g/mol. The molecule has 0 spiro atoms. The van der Waals surface area contributed by atoms with Gasteiger partial charge in [-0.05, 0) is 49.2 Å². The molecule has 1 aromatic carbocycles. The smallest absolute Gasteiger partial charge is 0.240 e. The minimum absolute atomic E-state index is 0. The fourth-order valence-electron chi connectivity index (χ4n) is 3.28. The molecule has 24 heavy (non-hydrogen) atoms. The van der Waals surface area contributed by atoms with Crippen LogP contribution >= 0.6 is 12.4 Å². The summed E-state index contributed by atoms with van der Waals surface area (Å²) in [6, 6.07) is 5.21. The van der Waals surface area contributed by atoms with Gasteiger partial charge in [0, 0.05) is 19.1 Å². The van der Waals surface area contributed by atoms with E-state index in [4.69, 9.17) is 9.47 Å². The molecule has 0 aromatic heterocycles. The number of piperidine rings is 1. The van der Waals surface area contributed by atoms with Gasteiger partial charge in [0.2, 0.25) is 10.0 Å². The molecule has 0 unspecified atom stereocenters. The summed E-state index contributed by atoms with van der Waals surface area (Å²) in [4.78, 5) is 0.309. The lowest BCUT2D eigenvalue weighted by Crippen LogP contribution is -2.47. The number of nitrogens with one attached hydrogen (secondary N) is 2. The van der Waals surface area contributed by atoms with Gasteiger partial charge < -0.3 is 14.8 Å². The average Bonchev–Trinajstić information content (AvgIpc) is 3.02. The first-order valence-electron chi connectivity index (χ1n) is 7.94. The van der Waals surface area contributed by atoms with Gasteiger partial charge in [-0.15, -0.1) is 12.4 Å². The van der Waals surface area contributed by atoms with Crippen LogP contribution in [-0.2, 0) is 32.7 Å². The molecule has 2 aliphatic rings. The van der Waals surface area contributed by atoms with Crippen molar-refractivity contribution >= 4 is 22.4 Å². The Morgan fingerprint density at radius 2 is 1.96 bits per heavy atom. The van der Waals surface area contributed by atoms with Crippen LogP contribution in [0.5, 0.6) is 0 Å². The van der Waals surface area contributed by atoms with E-state index in [1.165, 1.54) is 0 Å². The van der Waals surface area contributed by atoms with Gasteiger partial charge >= 0.3 is 0 Å². The fraction of sp³-hybridized carbons (Fsp3) is 0.625. The Balaban J connectivity index is 0.00000208. The number of rotatable bonds is 6. The third-order valence-corrected chi connectivity index (χ3v) is 6.15. The summed E-state index contributed by atoms with van der Waals surface area (Å²) in [6.45, 7) is 3.79. The number of benzene rings is 1. The van der Waals surface area contributed by atoms with Gasteiger partial charge in [0.1, 0.15) is 0 Å². The number of halogens is 1. The zero-order valence-corrected chi connectivity index (χ0v) is 15.5. The van der Waals surface area contributed by atoms with Gasteiger partial charge in [-0.1, -0.05) is 6.07 Å². The zero-order chi connectivity index (χ0) is 16.3. The van der Waals surface area contributed by atoms with Crippen molar-refractivity contribution in [2.45, 2.75) is 31.0 Å². The van der Waals surface area contributed by atoms with Crippen LogP contribution in [0.15, 0.2) is 23.1 Å². The quantitative estimate of drug-likeness (QED) is 0.785. The molecule has 0 radical (unpaired) electrons. The second-order valence-electron chi connectivity index (χ2n) is 6.43. The zero-order valence-electron chi connectivity index (χ0n) is 13.8. The monoisotopic (exact) mass is 376 g/mol. The van der Waals surface area contributed by atoms with E-state index in [0.29, 0.717) is 31.3 Å². The summed E-state index contributed by atoms with van der Waals surface area (Å²) in [5, 5.41) is 3.31. The van der Waals surface area contributed by atoms with E-state index in [0.717, 1.165) is 37.1 Å². The Labute approximate surface area is 149 Å². The molecule has 2 N–H and O–H groups in total. The molecule has 0 aliphatic carbocycles. The first kappa shape index (κ1) is 19.6. The Morgan fingerprint density at radius 3 is 2.67 bits per heavy atom.